The number of ether oxygens (including phenoxy) is 2. The molecule has 2 amide bonds. The fourth-order valence-electron chi connectivity index (χ4n) is 3.66. The normalized spacial score (nSPS) is 19.9. The van der Waals surface area contributed by atoms with Gasteiger partial charge in [0.1, 0.15) is 29.5 Å². The zero-order valence-electron chi connectivity index (χ0n) is 19.0. The molecule has 0 bridgehead atoms. The standard InChI is InChI=1S/C24H21N3O8S/c1-14-18(11-28)36-23-20(25-19(29)13-34-17-5-3-2-4-6-17)22(30)26(23)21(14)24(31)35-12-15-7-9-16(10-8-15)27(32)33/h2-11,20,23,28H,12-13H2,1H3,(H,25,29)/b18-11-/t20?,23-/m1/s1. The maximum atomic E-state index is 12.9. The predicted molar refractivity (Wildman–Crippen MR) is 128 cm³/mol. The fourth-order valence-corrected chi connectivity index (χ4v) is 4.89. The van der Waals surface area contributed by atoms with E-state index in [1.54, 1.807) is 31.2 Å². The number of thioether (sulfide) groups is 1. The molecule has 1 fully saturated rings. The van der Waals surface area contributed by atoms with Gasteiger partial charge in [-0.15, -0.1) is 0 Å². The number of nitrogens with one attached hydrogen (secondary N) is 1. The predicted octanol–water partition coefficient (Wildman–Crippen LogP) is 2.79. The van der Waals surface area contributed by atoms with E-state index in [-0.39, 0.29) is 24.6 Å². The summed E-state index contributed by atoms with van der Waals surface area (Å²) in [5.74, 6) is -1.32. The van der Waals surface area contributed by atoms with Crippen molar-refractivity contribution in [1.82, 2.24) is 10.2 Å². The van der Waals surface area contributed by atoms with Crippen molar-refractivity contribution in [3.05, 3.63) is 92.7 Å². The van der Waals surface area contributed by atoms with Crippen molar-refractivity contribution in [3.8, 4) is 5.75 Å². The third-order valence-electron chi connectivity index (χ3n) is 5.51. The van der Waals surface area contributed by atoms with Crippen molar-refractivity contribution >= 4 is 35.2 Å². The maximum absolute atomic E-state index is 12.9. The number of aliphatic hydroxyl groups is 1. The van der Waals surface area contributed by atoms with Crippen LogP contribution in [0.15, 0.2) is 77.0 Å². The summed E-state index contributed by atoms with van der Waals surface area (Å²) in [6.45, 7) is 1.09. The molecule has 0 aromatic heterocycles. The average Bonchev–Trinajstić information content (AvgIpc) is 2.89. The number of non-ortho nitro benzene ring substituents is 1. The second kappa shape index (κ2) is 10.5. The number of carbonyl (C=O) groups excluding carboxylic acids is 3. The first-order chi connectivity index (χ1) is 17.3. The Morgan fingerprint density at radius 2 is 1.89 bits per heavy atom. The number of benzene rings is 2. The zero-order valence-corrected chi connectivity index (χ0v) is 19.8. The molecule has 2 aliphatic heterocycles. The molecule has 36 heavy (non-hydrogen) atoms. The van der Waals surface area contributed by atoms with Crippen molar-refractivity contribution in [3.63, 3.8) is 0 Å². The van der Waals surface area contributed by atoms with E-state index in [2.05, 4.69) is 5.32 Å². The Labute approximate surface area is 209 Å². The summed E-state index contributed by atoms with van der Waals surface area (Å²) in [6.07, 6.45) is 0.834. The molecule has 2 atom stereocenters. The molecule has 0 spiro atoms. The lowest BCUT2D eigenvalue weighted by atomic mass is 10.0. The van der Waals surface area contributed by atoms with E-state index in [0.717, 1.165) is 18.0 Å². The number of hydrogen-bond donors (Lipinski definition) is 2. The monoisotopic (exact) mass is 511 g/mol. The number of allylic oxidation sites excluding steroid dienone is 1. The first kappa shape index (κ1) is 24.8. The third kappa shape index (κ3) is 5.03. The summed E-state index contributed by atoms with van der Waals surface area (Å²) < 4.78 is 10.8. The van der Waals surface area contributed by atoms with Gasteiger partial charge in [-0.3, -0.25) is 24.6 Å². The van der Waals surface area contributed by atoms with Gasteiger partial charge in [0.2, 0.25) is 0 Å². The van der Waals surface area contributed by atoms with Crippen LogP contribution in [0.2, 0.25) is 0 Å². The molecule has 0 radical (unpaired) electrons. The highest BCUT2D eigenvalue weighted by Crippen LogP contribution is 2.46. The lowest BCUT2D eigenvalue weighted by Gasteiger charge is -2.49. The number of esters is 1. The molecule has 0 saturated carbocycles. The number of hydrogen-bond acceptors (Lipinski definition) is 9. The van der Waals surface area contributed by atoms with Gasteiger partial charge in [0, 0.05) is 17.0 Å². The molecule has 12 heteroatoms. The Kier molecular flexibility index (Phi) is 7.25. The number of nitro benzene ring substituents is 1. The molecule has 1 saturated heterocycles. The van der Waals surface area contributed by atoms with Crippen molar-refractivity contribution in [2.45, 2.75) is 24.9 Å². The van der Waals surface area contributed by atoms with Gasteiger partial charge in [-0.25, -0.2) is 4.79 Å². The number of aliphatic hydroxyl groups excluding tert-OH is 1. The summed E-state index contributed by atoms with van der Waals surface area (Å²) >= 11 is 1.13. The first-order valence-corrected chi connectivity index (χ1v) is 11.6. The van der Waals surface area contributed by atoms with Crippen molar-refractivity contribution in [2.24, 2.45) is 0 Å². The van der Waals surface area contributed by atoms with Crippen molar-refractivity contribution in [1.29, 1.82) is 0 Å². The lowest BCUT2D eigenvalue weighted by Crippen LogP contribution is -2.70. The Morgan fingerprint density at radius 1 is 1.19 bits per heavy atom. The highest BCUT2D eigenvalue weighted by Gasteiger charge is 2.55. The van der Waals surface area contributed by atoms with Gasteiger partial charge < -0.3 is 19.9 Å². The van der Waals surface area contributed by atoms with Gasteiger partial charge in [-0.1, -0.05) is 30.0 Å². The Morgan fingerprint density at radius 3 is 2.53 bits per heavy atom. The smallest absolute Gasteiger partial charge is 0.355 e. The Hall–Kier alpha value is -4.32. The molecule has 1 unspecified atom stereocenters. The van der Waals surface area contributed by atoms with E-state index >= 15 is 0 Å². The molecule has 2 aliphatic rings. The van der Waals surface area contributed by atoms with Crippen molar-refractivity contribution < 1.29 is 33.9 Å². The highest BCUT2D eigenvalue weighted by atomic mass is 32.2. The second-order valence-electron chi connectivity index (χ2n) is 7.83. The van der Waals surface area contributed by atoms with Gasteiger partial charge in [0.15, 0.2) is 6.61 Å². The maximum Gasteiger partial charge on any atom is 0.355 e. The van der Waals surface area contributed by atoms with Crippen LogP contribution in [0.3, 0.4) is 0 Å². The number of amides is 2. The van der Waals surface area contributed by atoms with E-state index in [1.807, 2.05) is 6.07 Å². The highest BCUT2D eigenvalue weighted by molar-refractivity contribution is 8.04. The molecule has 11 nitrogen and oxygen atoms in total. The van der Waals surface area contributed by atoms with Gasteiger partial charge in [0.05, 0.1) is 11.2 Å². The van der Waals surface area contributed by atoms with E-state index in [9.17, 15) is 29.6 Å². The van der Waals surface area contributed by atoms with Crippen molar-refractivity contribution in [2.75, 3.05) is 6.61 Å². The van der Waals surface area contributed by atoms with Crippen LogP contribution < -0.4 is 10.1 Å². The minimum absolute atomic E-state index is 0.0444. The van der Waals surface area contributed by atoms with Gasteiger partial charge in [-0.2, -0.15) is 0 Å². The van der Waals surface area contributed by atoms with Crippen LogP contribution in [-0.4, -0.2) is 50.7 Å². The van der Waals surface area contributed by atoms with E-state index < -0.39 is 34.1 Å². The van der Waals surface area contributed by atoms with Crippen LogP contribution in [0.1, 0.15) is 12.5 Å². The van der Waals surface area contributed by atoms with Gasteiger partial charge in [0.25, 0.3) is 17.5 Å². The largest absolute Gasteiger partial charge is 0.514 e. The second-order valence-corrected chi connectivity index (χ2v) is 8.99. The van der Waals surface area contributed by atoms with E-state index in [0.29, 0.717) is 21.8 Å². The Bertz CT molecular complexity index is 1260. The molecular formula is C24H21N3O8S. The molecule has 0 aliphatic carbocycles. The number of para-hydroxylation sites is 1. The van der Waals surface area contributed by atoms with Crippen LogP contribution in [-0.2, 0) is 25.7 Å². The number of fused-ring (bicyclic) bond motifs is 1. The molecule has 186 valence electrons. The summed E-state index contributed by atoms with van der Waals surface area (Å²) in [5, 5.41) is 22.4. The van der Waals surface area contributed by atoms with E-state index in [4.69, 9.17) is 9.47 Å². The van der Waals surface area contributed by atoms with E-state index in [1.165, 1.54) is 29.2 Å². The molecular weight excluding hydrogens is 490 g/mol. The van der Waals surface area contributed by atoms with Crippen LogP contribution in [0.5, 0.6) is 5.75 Å². The zero-order chi connectivity index (χ0) is 25.8. The number of β-lactam (4-membered cyclic amide) rings is 1. The topological polar surface area (TPSA) is 148 Å². The third-order valence-corrected chi connectivity index (χ3v) is 6.90. The minimum Gasteiger partial charge on any atom is -0.514 e. The number of carbonyl (C=O) groups is 3. The average molecular weight is 512 g/mol. The van der Waals surface area contributed by atoms with Crippen LogP contribution >= 0.6 is 11.8 Å². The van der Waals surface area contributed by atoms with Gasteiger partial charge in [-0.05, 0) is 42.3 Å². The fraction of sp³-hybridized carbons (Fsp3) is 0.208. The molecule has 4 rings (SSSR count). The molecule has 2 aromatic carbocycles. The SMILES string of the molecule is CC1=C(C(=O)OCc2ccc([N+](=O)[O-])cc2)N2C(=O)C(NC(=O)COc3ccccc3)[C@H]2S/C1=C\O. The summed E-state index contributed by atoms with van der Waals surface area (Å²) in [6, 6.07) is 13.3. The number of nitro groups is 1. The van der Waals surface area contributed by atoms with Gasteiger partial charge >= 0.3 is 5.97 Å². The summed E-state index contributed by atoms with van der Waals surface area (Å²) in [4.78, 5) is 50.1. The lowest BCUT2D eigenvalue weighted by molar-refractivity contribution is -0.384. The number of nitrogens with zero attached hydrogens (tertiary/aromatic N) is 2. The summed E-state index contributed by atoms with van der Waals surface area (Å²) in [5.41, 5.74) is 0.724. The Balaban J connectivity index is 1.42. The molecule has 2 N–H and O–H groups in total. The molecule has 2 heterocycles. The van der Waals surface area contributed by atoms with Crippen LogP contribution in [0.4, 0.5) is 5.69 Å². The summed E-state index contributed by atoms with van der Waals surface area (Å²) in [7, 11) is 0. The molecule has 2 aromatic rings. The quantitative estimate of drug-likeness (QED) is 0.179. The first-order valence-electron chi connectivity index (χ1n) is 10.7. The van der Waals surface area contributed by atoms with Crippen LogP contribution in [0.25, 0.3) is 0 Å². The minimum atomic E-state index is -0.928. The number of rotatable bonds is 8. The van der Waals surface area contributed by atoms with Crippen LogP contribution in [0, 0.1) is 10.1 Å².